The van der Waals surface area contributed by atoms with Gasteiger partial charge in [-0.3, -0.25) is 14.5 Å². The summed E-state index contributed by atoms with van der Waals surface area (Å²) in [7, 11) is 0. The predicted octanol–water partition coefficient (Wildman–Crippen LogP) is 2.57. The average molecular weight is 331 g/mol. The van der Waals surface area contributed by atoms with Gasteiger partial charge in [0.1, 0.15) is 0 Å². The van der Waals surface area contributed by atoms with Gasteiger partial charge in [-0.15, -0.1) is 0 Å². The van der Waals surface area contributed by atoms with Crippen molar-refractivity contribution in [1.29, 1.82) is 0 Å². The summed E-state index contributed by atoms with van der Waals surface area (Å²) in [6, 6.07) is 7.39. The van der Waals surface area contributed by atoms with Crippen molar-refractivity contribution in [3.05, 3.63) is 29.8 Å². The zero-order valence-electron chi connectivity index (χ0n) is 15.0. The van der Waals surface area contributed by atoms with E-state index >= 15 is 0 Å². The van der Waals surface area contributed by atoms with Crippen LogP contribution in [0.5, 0.6) is 0 Å². The highest BCUT2D eigenvalue weighted by Crippen LogP contribution is 2.19. The van der Waals surface area contributed by atoms with Crippen molar-refractivity contribution < 1.29 is 9.59 Å². The summed E-state index contributed by atoms with van der Waals surface area (Å²) >= 11 is 0. The van der Waals surface area contributed by atoms with Crippen LogP contribution in [0.15, 0.2) is 24.3 Å². The molecule has 0 aliphatic carbocycles. The Morgan fingerprint density at radius 2 is 1.71 bits per heavy atom. The summed E-state index contributed by atoms with van der Waals surface area (Å²) in [5.41, 5.74) is 1.68. The zero-order valence-corrected chi connectivity index (χ0v) is 15.0. The normalized spacial score (nSPS) is 15.8. The molecular formula is C19H29N3O2. The molecule has 1 fully saturated rings. The van der Waals surface area contributed by atoms with Crippen molar-refractivity contribution in [2.45, 2.75) is 52.0 Å². The van der Waals surface area contributed by atoms with E-state index in [-0.39, 0.29) is 17.4 Å². The van der Waals surface area contributed by atoms with E-state index in [4.69, 9.17) is 0 Å². The van der Waals surface area contributed by atoms with E-state index < -0.39 is 0 Å². The Balaban J connectivity index is 1.81. The third-order valence-corrected chi connectivity index (χ3v) is 4.57. The van der Waals surface area contributed by atoms with Gasteiger partial charge in [-0.1, -0.05) is 18.6 Å². The first kappa shape index (κ1) is 18.5. The van der Waals surface area contributed by atoms with Crippen molar-refractivity contribution >= 4 is 17.5 Å². The number of carbonyl (C=O) groups is 2. The smallest absolute Gasteiger partial charge is 0.224 e. The molecule has 0 aromatic heterocycles. The summed E-state index contributed by atoms with van der Waals surface area (Å²) in [6.45, 7) is 8.77. The minimum absolute atomic E-state index is 0.00859. The van der Waals surface area contributed by atoms with Gasteiger partial charge in [-0.25, -0.2) is 0 Å². The van der Waals surface area contributed by atoms with E-state index in [0.717, 1.165) is 24.3 Å². The third-order valence-electron chi connectivity index (χ3n) is 4.57. The maximum Gasteiger partial charge on any atom is 0.224 e. The number of amides is 2. The largest absolute Gasteiger partial charge is 0.354 e. The minimum Gasteiger partial charge on any atom is -0.354 e. The van der Waals surface area contributed by atoms with Crippen LogP contribution in [-0.2, 0) is 16.0 Å². The monoisotopic (exact) mass is 331 g/mol. The second-order valence-corrected chi connectivity index (χ2v) is 7.19. The van der Waals surface area contributed by atoms with Crippen molar-refractivity contribution in [1.82, 2.24) is 10.2 Å². The number of carbonyl (C=O) groups excluding carboxylic acids is 2. The van der Waals surface area contributed by atoms with Crippen molar-refractivity contribution in [3.8, 4) is 0 Å². The number of hydrogen-bond donors (Lipinski definition) is 2. The van der Waals surface area contributed by atoms with Gasteiger partial charge in [0.2, 0.25) is 11.8 Å². The van der Waals surface area contributed by atoms with Crippen LogP contribution in [0.3, 0.4) is 0 Å². The molecule has 1 aliphatic rings. The van der Waals surface area contributed by atoms with Gasteiger partial charge in [0.15, 0.2) is 0 Å². The van der Waals surface area contributed by atoms with E-state index in [9.17, 15) is 9.59 Å². The summed E-state index contributed by atoms with van der Waals surface area (Å²) < 4.78 is 0. The molecule has 2 N–H and O–H groups in total. The zero-order chi connectivity index (χ0) is 17.6. The molecule has 1 saturated heterocycles. The van der Waals surface area contributed by atoms with Crippen LogP contribution in [0.25, 0.3) is 0 Å². The maximum atomic E-state index is 12.2. The number of rotatable bonds is 6. The summed E-state index contributed by atoms with van der Waals surface area (Å²) in [4.78, 5) is 25.7. The highest BCUT2D eigenvalue weighted by molar-refractivity contribution is 5.88. The van der Waals surface area contributed by atoms with Gasteiger partial charge in [-0.05, 0) is 57.5 Å². The highest BCUT2D eigenvalue weighted by atomic mass is 16.2. The molecule has 5 heteroatoms. The molecule has 0 spiro atoms. The van der Waals surface area contributed by atoms with Crippen LogP contribution in [0.1, 0.15) is 45.6 Å². The lowest BCUT2D eigenvalue weighted by atomic mass is 9.98. The molecule has 0 unspecified atom stereocenters. The lowest BCUT2D eigenvalue weighted by molar-refractivity contribution is -0.121. The second kappa shape index (κ2) is 8.29. The Bertz CT molecular complexity index is 560. The van der Waals surface area contributed by atoms with Crippen LogP contribution in [-0.4, -0.2) is 41.9 Å². The van der Waals surface area contributed by atoms with Crippen LogP contribution in [0.4, 0.5) is 5.69 Å². The molecule has 24 heavy (non-hydrogen) atoms. The average Bonchev–Trinajstić information content (AvgIpc) is 2.55. The standard InChI is InChI=1S/C19H29N3O2/c1-15(23)21-17-9-7-16(8-10-17)13-18(24)20-14-19(2,3)22-11-5-4-6-12-22/h7-10H,4-6,11-14H2,1-3H3,(H,20,24)(H,21,23). The lowest BCUT2D eigenvalue weighted by Gasteiger charge is -2.41. The summed E-state index contributed by atoms with van der Waals surface area (Å²) in [5, 5.41) is 5.79. The number of nitrogens with one attached hydrogen (secondary N) is 2. The minimum atomic E-state index is -0.0968. The quantitative estimate of drug-likeness (QED) is 0.842. The van der Waals surface area contributed by atoms with Crippen molar-refractivity contribution in [3.63, 3.8) is 0 Å². The van der Waals surface area contributed by atoms with E-state index in [1.807, 2.05) is 24.3 Å². The number of likely N-dealkylation sites (tertiary alicyclic amines) is 1. The van der Waals surface area contributed by atoms with E-state index in [2.05, 4.69) is 29.4 Å². The number of hydrogen-bond acceptors (Lipinski definition) is 3. The number of anilines is 1. The van der Waals surface area contributed by atoms with Crippen molar-refractivity contribution in [2.24, 2.45) is 0 Å². The molecule has 2 amide bonds. The first-order chi connectivity index (χ1) is 11.4. The Morgan fingerprint density at radius 1 is 1.08 bits per heavy atom. The van der Waals surface area contributed by atoms with E-state index in [1.165, 1.54) is 26.2 Å². The number of benzene rings is 1. The van der Waals surface area contributed by atoms with Crippen LogP contribution in [0, 0.1) is 0 Å². The summed E-state index contributed by atoms with van der Waals surface area (Å²) in [5.74, 6) is -0.0622. The lowest BCUT2D eigenvalue weighted by Crippen LogP contribution is -2.53. The first-order valence-corrected chi connectivity index (χ1v) is 8.75. The Kier molecular flexibility index (Phi) is 6.37. The SMILES string of the molecule is CC(=O)Nc1ccc(CC(=O)NCC(C)(C)N2CCCCC2)cc1. The molecular weight excluding hydrogens is 302 g/mol. The summed E-state index contributed by atoms with van der Waals surface area (Å²) in [6.07, 6.45) is 4.17. The van der Waals surface area contributed by atoms with Gasteiger partial charge in [0.05, 0.1) is 6.42 Å². The molecule has 132 valence electrons. The molecule has 1 aromatic rings. The molecule has 1 aromatic carbocycles. The predicted molar refractivity (Wildman–Crippen MR) is 97.0 cm³/mol. The van der Waals surface area contributed by atoms with Gasteiger partial charge in [-0.2, -0.15) is 0 Å². The van der Waals surface area contributed by atoms with Crippen LogP contribution in [0.2, 0.25) is 0 Å². The third kappa shape index (κ3) is 5.64. The van der Waals surface area contributed by atoms with Crippen molar-refractivity contribution in [2.75, 3.05) is 25.0 Å². The van der Waals surface area contributed by atoms with Gasteiger partial charge in [0.25, 0.3) is 0 Å². The molecule has 0 atom stereocenters. The maximum absolute atomic E-state index is 12.2. The molecule has 0 saturated carbocycles. The van der Waals surface area contributed by atoms with Crippen LogP contribution < -0.4 is 10.6 Å². The Hall–Kier alpha value is -1.88. The fraction of sp³-hybridized carbons (Fsp3) is 0.579. The molecule has 2 rings (SSSR count). The van der Waals surface area contributed by atoms with Crippen LogP contribution >= 0.6 is 0 Å². The topological polar surface area (TPSA) is 61.4 Å². The number of piperidine rings is 1. The Labute approximate surface area is 144 Å². The highest BCUT2D eigenvalue weighted by Gasteiger charge is 2.28. The molecule has 0 bridgehead atoms. The molecule has 0 radical (unpaired) electrons. The second-order valence-electron chi connectivity index (χ2n) is 7.19. The van der Waals surface area contributed by atoms with Gasteiger partial charge in [0, 0.05) is 24.7 Å². The first-order valence-electron chi connectivity index (χ1n) is 8.75. The Morgan fingerprint density at radius 3 is 2.29 bits per heavy atom. The van der Waals surface area contributed by atoms with E-state index in [0.29, 0.717) is 13.0 Å². The van der Waals surface area contributed by atoms with Gasteiger partial charge < -0.3 is 10.6 Å². The fourth-order valence-corrected chi connectivity index (χ4v) is 3.08. The molecule has 5 nitrogen and oxygen atoms in total. The van der Waals surface area contributed by atoms with E-state index in [1.54, 1.807) is 0 Å². The molecule has 1 heterocycles. The molecule has 1 aliphatic heterocycles. The van der Waals surface area contributed by atoms with Gasteiger partial charge >= 0.3 is 0 Å². The fourth-order valence-electron chi connectivity index (χ4n) is 3.08. The number of nitrogens with zero attached hydrogens (tertiary/aromatic N) is 1.